The molecule has 4 radical (unpaired) electrons. The molecule has 0 saturated heterocycles. The van der Waals surface area contributed by atoms with Gasteiger partial charge in [0.15, 0.2) is 11.6 Å². The van der Waals surface area contributed by atoms with Gasteiger partial charge in [0.2, 0.25) is 0 Å². The summed E-state index contributed by atoms with van der Waals surface area (Å²) in [6.07, 6.45) is 30.4. The summed E-state index contributed by atoms with van der Waals surface area (Å²) < 4.78 is 0. The third-order valence-electron chi connectivity index (χ3n) is 29.7. The molecule has 10 nitrogen and oxygen atoms in total. The first-order valence-electron chi connectivity index (χ1n) is 49.7. The van der Waals surface area contributed by atoms with Crippen molar-refractivity contribution in [3.63, 3.8) is 0 Å². The second-order valence-corrected chi connectivity index (χ2v) is 39.8. The maximum Gasteiger partial charge on any atom is 0.162 e. The molecular formula is C127H126Ir4N6O4-6. The number of ketones is 2. The molecule has 12 aliphatic rings. The first-order chi connectivity index (χ1) is 66.4. The molecule has 14 heteroatoms. The average molecular weight is 2570 g/mol. The summed E-state index contributed by atoms with van der Waals surface area (Å²) in [5.74, 6) is 7.31. The van der Waals surface area contributed by atoms with Gasteiger partial charge in [-0.05, 0) is 328 Å². The predicted octanol–water partition coefficient (Wildman–Crippen LogP) is 31.2. The van der Waals surface area contributed by atoms with Crippen molar-refractivity contribution >= 4 is 54.7 Å². The van der Waals surface area contributed by atoms with Crippen LogP contribution in [0, 0.1) is 112 Å². The van der Waals surface area contributed by atoms with E-state index in [0.29, 0.717) is 11.3 Å². The number of aromatic nitrogens is 6. The zero-order valence-corrected chi connectivity index (χ0v) is 92.7. The van der Waals surface area contributed by atoms with E-state index in [-0.39, 0.29) is 115 Å². The van der Waals surface area contributed by atoms with Crippen LogP contribution in [0.3, 0.4) is 0 Å². The van der Waals surface area contributed by atoms with E-state index in [9.17, 15) is 14.7 Å². The zero-order valence-electron chi connectivity index (χ0n) is 83.1. The van der Waals surface area contributed by atoms with E-state index in [1.807, 2.05) is 169 Å². The molecule has 0 amide bonds. The smallest absolute Gasteiger partial charge is 0.162 e. The van der Waals surface area contributed by atoms with Crippen molar-refractivity contribution < 1.29 is 100 Å². The normalized spacial score (nSPS) is 18.1. The van der Waals surface area contributed by atoms with Gasteiger partial charge in [0.1, 0.15) is 0 Å². The van der Waals surface area contributed by atoms with Crippen molar-refractivity contribution in [1.29, 1.82) is 0 Å². The third kappa shape index (κ3) is 25.3. The number of hydrogen-bond acceptors (Lipinski definition) is 10. The molecule has 2 unspecified atom stereocenters. The standard InChI is InChI=1S/C24H24N.C22H20N.2C20H16N.C13H24O2.C12H10N.C11H8N.C5H8O2.4Ir/c1-14-7-15(2)9-18(8-14)23-21-13-20-17(10-16(21)5-6-25-23)11-19-12-22(20)24(19,3)4;1-13-5-14(2)7-19(6-13)22-21-12-18-10-15-8-17(9-15)20(18)11-16(21)3-4-23-22;2*1-2-4-14(5-3-1)20-19-12-17-10-13-8-16(9-13)18(17)11-15(19)6-7-21-20;1-5-10(6-2)12(14)9-13(15)11(7-3)8-4;1-10-6-5-9-12(13-10)11-7-3-2-4-8-11;1-2-6-10(7-3-1)11-8-4-5-9-12-11;1-4(6)3-5(2)7;;;;/h5-8,10,13,19,22H,11-12H2,1-4H3;3-6,11-12,15,17H,8-10H2,1-2H3;2*1-4,6-7,11-13,16H,8-10H2;9-11,14H,5-8H2,1-4H3;2-7,9H,1H3;1-6,8-9H;3,6H,1-2H3;;;;/q4*-1;;2*-1;;;;;. The fourth-order valence-electron chi connectivity index (χ4n) is 22.2. The van der Waals surface area contributed by atoms with Gasteiger partial charge in [0.25, 0.3) is 0 Å². The van der Waals surface area contributed by atoms with E-state index in [2.05, 4.69) is 219 Å². The molecule has 8 bridgehead atoms. The van der Waals surface area contributed by atoms with Crippen molar-refractivity contribution in [2.24, 2.45) is 40.9 Å². The molecule has 2 atom stereocenters. The molecule has 0 spiro atoms. The van der Waals surface area contributed by atoms with E-state index in [4.69, 9.17) is 15.1 Å². The number of aliphatic hydroxyl groups is 2. The molecule has 4 saturated carbocycles. The molecule has 730 valence electrons. The number of carbonyl (C=O) groups excluding carboxylic acids is 2. The van der Waals surface area contributed by atoms with Crippen LogP contribution in [-0.4, -0.2) is 51.7 Å². The molecule has 6 heterocycles. The monoisotopic (exact) mass is 2570 g/mol. The molecule has 10 aromatic carbocycles. The van der Waals surface area contributed by atoms with E-state index in [1.165, 1.54) is 162 Å². The largest absolute Gasteiger partial charge is 0.512 e. The number of hydrogen-bond donors (Lipinski definition) is 2. The van der Waals surface area contributed by atoms with Gasteiger partial charge in [0, 0.05) is 141 Å². The summed E-state index contributed by atoms with van der Waals surface area (Å²) in [7, 11) is 0. The molecule has 28 rings (SSSR count). The molecule has 0 aliphatic heterocycles. The minimum absolute atomic E-state index is 0. The van der Waals surface area contributed by atoms with Crippen LogP contribution in [0.4, 0.5) is 0 Å². The van der Waals surface area contributed by atoms with Crippen LogP contribution in [0.2, 0.25) is 0 Å². The minimum Gasteiger partial charge on any atom is -0.512 e. The van der Waals surface area contributed by atoms with Crippen molar-refractivity contribution in [2.45, 2.75) is 210 Å². The van der Waals surface area contributed by atoms with Crippen LogP contribution in [0.5, 0.6) is 0 Å². The average Bonchev–Trinajstić information content (AvgIpc) is 0.694. The van der Waals surface area contributed by atoms with Crippen LogP contribution in [0.1, 0.15) is 222 Å². The number of benzene rings is 10. The fraction of sp³-hybridized carbons (Fsp3) is 0.307. The third-order valence-corrected chi connectivity index (χ3v) is 29.7. The Balaban J connectivity index is 0.000000138. The van der Waals surface area contributed by atoms with E-state index in [1.54, 1.807) is 50.7 Å². The van der Waals surface area contributed by atoms with Crippen LogP contribution < -0.4 is 0 Å². The minimum atomic E-state index is -0.125. The maximum atomic E-state index is 11.7. The van der Waals surface area contributed by atoms with Gasteiger partial charge >= 0.3 is 0 Å². The Morgan fingerprint density at radius 1 is 0.383 bits per heavy atom. The van der Waals surface area contributed by atoms with Gasteiger partial charge in [0.05, 0.1) is 11.5 Å². The molecule has 16 aromatic rings. The van der Waals surface area contributed by atoms with Crippen LogP contribution in [0.15, 0.2) is 285 Å². The van der Waals surface area contributed by atoms with Crippen LogP contribution in [-0.2, 0) is 116 Å². The summed E-state index contributed by atoms with van der Waals surface area (Å²) in [5, 5.41) is 28.5. The Hall–Kier alpha value is -10.8. The van der Waals surface area contributed by atoms with E-state index in [0.717, 1.165) is 140 Å². The number of nitrogens with zero attached hydrogens (tertiary/aromatic N) is 6. The summed E-state index contributed by atoms with van der Waals surface area (Å²) in [5.41, 5.74) is 31.7. The molecule has 12 aliphatic carbocycles. The van der Waals surface area contributed by atoms with E-state index < -0.39 is 0 Å². The Bertz CT molecular complexity index is 6840. The Kier molecular flexibility index (Phi) is 37.3. The number of fused-ring (bicyclic) bond motifs is 4. The molecule has 141 heavy (non-hydrogen) atoms. The van der Waals surface area contributed by atoms with Crippen LogP contribution in [0.25, 0.3) is 111 Å². The maximum absolute atomic E-state index is 11.7. The number of pyridine rings is 6. The summed E-state index contributed by atoms with van der Waals surface area (Å²) >= 11 is 0. The zero-order chi connectivity index (χ0) is 95.5. The molecule has 2 N–H and O–H groups in total. The topological polar surface area (TPSA) is 152 Å². The first-order valence-corrected chi connectivity index (χ1v) is 49.7. The van der Waals surface area contributed by atoms with Crippen molar-refractivity contribution in [1.82, 2.24) is 29.9 Å². The Morgan fingerprint density at radius 2 is 0.766 bits per heavy atom. The molecule has 4 fully saturated rings. The van der Waals surface area contributed by atoms with Gasteiger partial charge in [-0.15, -0.1) is 213 Å². The van der Waals surface area contributed by atoms with Crippen molar-refractivity contribution in [2.75, 3.05) is 0 Å². The van der Waals surface area contributed by atoms with Gasteiger partial charge in [-0.1, -0.05) is 142 Å². The van der Waals surface area contributed by atoms with Crippen molar-refractivity contribution in [3.8, 4) is 67.5 Å². The summed E-state index contributed by atoms with van der Waals surface area (Å²) in [6, 6.07) is 100. The van der Waals surface area contributed by atoms with Crippen molar-refractivity contribution in [3.05, 3.63) is 394 Å². The summed E-state index contributed by atoms with van der Waals surface area (Å²) in [6.45, 7) is 26.3. The molecular weight excluding hydrogens is 2440 g/mol. The van der Waals surface area contributed by atoms with Gasteiger partial charge in [-0.25, -0.2) is 0 Å². The van der Waals surface area contributed by atoms with Gasteiger partial charge < -0.3 is 40.1 Å². The second-order valence-electron chi connectivity index (χ2n) is 39.8. The number of aryl methyl sites for hydroxylation is 5. The SMILES string of the molecule is CC(=O)C=C(C)O.CCC(CC)C(=O)C=C(O)C(CC)CC.Cc1[c-]c(-c2nccc3cc4c(cc23)C2CC(C4)C2(C)C)cc(C)c1.Cc1[c-]c(-c2nccc3cc4c(cc23)CC2CC4C2)cc(C)c1.Cc1cccc(-c2[c-]cccc2)n1.[Ir].[Ir].[Ir].[Ir].[c-]1ccccc1-c1ccccn1.[c-]1ccccc1-c1nccc2cc3c(cc12)CC1CC3C1.[c-]1ccccc1-c1nccc2cc3c(cc12)CC1CC3C1. The molecule has 6 aromatic heterocycles. The van der Waals surface area contributed by atoms with Gasteiger partial charge in [-0.3, -0.25) is 9.59 Å². The van der Waals surface area contributed by atoms with Crippen LogP contribution >= 0.6 is 0 Å². The predicted molar refractivity (Wildman–Crippen MR) is 562 cm³/mol. The first kappa shape index (κ1) is 107. The second kappa shape index (κ2) is 49.0. The number of allylic oxidation sites excluding steroid dienone is 4. The quantitative estimate of drug-likeness (QED) is 0.0611. The van der Waals surface area contributed by atoms with Gasteiger partial charge in [-0.2, -0.15) is 0 Å². The number of carbonyl (C=O) groups is 2. The number of aliphatic hydroxyl groups excluding tert-OH is 2. The number of rotatable bonds is 14. The fourth-order valence-corrected chi connectivity index (χ4v) is 22.2. The Labute approximate surface area is 889 Å². The Morgan fingerprint density at radius 3 is 1.13 bits per heavy atom. The van der Waals surface area contributed by atoms with E-state index >= 15 is 0 Å². The summed E-state index contributed by atoms with van der Waals surface area (Å²) in [4.78, 5) is 49.1.